The minimum Gasteiger partial charge on any atom is -0.337 e. The minimum atomic E-state index is -0.329. The van der Waals surface area contributed by atoms with Crippen LogP contribution in [0, 0.1) is 11.7 Å². The second kappa shape index (κ2) is 5.27. The Morgan fingerprint density at radius 1 is 1.44 bits per heavy atom. The Bertz CT molecular complexity index is 526. The van der Waals surface area contributed by atoms with Gasteiger partial charge in [-0.05, 0) is 18.1 Å². The van der Waals surface area contributed by atoms with Crippen LogP contribution in [-0.4, -0.2) is 10.1 Å². The van der Waals surface area contributed by atoms with Crippen LogP contribution in [0.4, 0.5) is 4.39 Å². The van der Waals surface area contributed by atoms with E-state index >= 15 is 0 Å². The predicted octanol–water partition coefficient (Wildman–Crippen LogP) is 2.92. The molecule has 1 heterocycles. The van der Waals surface area contributed by atoms with Crippen molar-refractivity contribution in [1.29, 1.82) is 0 Å². The third-order valence-corrected chi connectivity index (χ3v) is 3.07. The van der Waals surface area contributed by atoms with Crippen molar-refractivity contribution >= 4 is 0 Å². The minimum absolute atomic E-state index is 0.255. The van der Waals surface area contributed by atoms with Crippen molar-refractivity contribution in [3.63, 3.8) is 0 Å². The van der Waals surface area contributed by atoms with Crippen molar-refractivity contribution in [2.75, 3.05) is 0 Å². The van der Waals surface area contributed by atoms with E-state index in [-0.39, 0.29) is 17.8 Å². The van der Waals surface area contributed by atoms with E-state index in [2.05, 4.69) is 10.1 Å². The first-order chi connectivity index (χ1) is 8.61. The summed E-state index contributed by atoms with van der Waals surface area (Å²) in [6.45, 7) is 4.07. The summed E-state index contributed by atoms with van der Waals surface area (Å²) >= 11 is 0. The van der Waals surface area contributed by atoms with Crippen LogP contribution < -0.4 is 5.73 Å². The molecular weight excluding hydrogens is 233 g/mol. The molecule has 4 nitrogen and oxygen atoms in total. The zero-order chi connectivity index (χ0) is 13.1. The quantitative estimate of drug-likeness (QED) is 0.904. The van der Waals surface area contributed by atoms with Gasteiger partial charge in [0.15, 0.2) is 0 Å². The summed E-state index contributed by atoms with van der Waals surface area (Å²) < 4.78 is 18.2. The van der Waals surface area contributed by atoms with Gasteiger partial charge in [0, 0.05) is 5.56 Å². The summed E-state index contributed by atoms with van der Waals surface area (Å²) in [6, 6.07) is 5.78. The number of aromatic nitrogens is 2. The van der Waals surface area contributed by atoms with Gasteiger partial charge in [-0.25, -0.2) is 4.39 Å². The molecule has 0 radical (unpaired) electrons. The lowest BCUT2D eigenvalue weighted by Crippen LogP contribution is -2.18. The zero-order valence-electron chi connectivity index (χ0n) is 10.4. The van der Waals surface area contributed by atoms with Gasteiger partial charge in [-0.3, -0.25) is 0 Å². The maximum atomic E-state index is 13.1. The Kier molecular flexibility index (Phi) is 3.72. The average Bonchev–Trinajstić information content (AvgIpc) is 2.86. The molecule has 1 aromatic carbocycles. The highest BCUT2D eigenvalue weighted by atomic mass is 19.1. The maximum absolute atomic E-state index is 13.1. The van der Waals surface area contributed by atoms with Gasteiger partial charge in [-0.15, -0.1) is 0 Å². The first kappa shape index (κ1) is 12.7. The smallest absolute Gasteiger partial charge is 0.244 e. The molecule has 5 heteroatoms. The van der Waals surface area contributed by atoms with E-state index in [4.69, 9.17) is 10.3 Å². The number of benzene rings is 1. The molecular formula is C13H16FN3O. The van der Waals surface area contributed by atoms with Gasteiger partial charge in [-0.1, -0.05) is 37.6 Å². The number of nitrogens with zero attached hydrogens (tertiary/aromatic N) is 2. The van der Waals surface area contributed by atoms with Crippen molar-refractivity contribution in [1.82, 2.24) is 10.1 Å². The van der Waals surface area contributed by atoms with Gasteiger partial charge in [-0.2, -0.15) is 4.98 Å². The standard InChI is InChI=1S/C13H16FN3O/c1-3-8(2)11(15)13-16-12(17-18-13)9-5-4-6-10(14)7-9/h4-8,11H,3,15H2,1-2H3/t8-,11-/m0/s1. The van der Waals surface area contributed by atoms with Gasteiger partial charge >= 0.3 is 0 Å². The third-order valence-electron chi connectivity index (χ3n) is 3.07. The lowest BCUT2D eigenvalue weighted by Gasteiger charge is -2.12. The Morgan fingerprint density at radius 2 is 2.22 bits per heavy atom. The van der Waals surface area contributed by atoms with Gasteiger partial charge in [0.2, 0.25) is 11.7 Å². The van der Waals surface area contributed by atoms with Crippen molar-refractivity contribution in [3.8, 4) is 11.4 Å². The number of rotatable bonds is 4. The Morgan fingerprint density at radius 3 is 2.89 bits per heavy atom. The van der Waals surface area contributed by atoms with Crippen molar-refractivity contribution < 1.29 is 8.91 Å². The molecule has 2 N–H and O–H groups in total. The van der Waals surface area contributed by atoms with Crippen molar-refractivity contribution in [3.05, 3.63) is 36.0 Å². The monoisotopic (exact) mass is 249 g/mol. The molecule has 2 atom stereocenters. The van der Waals surface area contributed by atoms with Gasteiger partial charge in [0.25, 0.3) is 0 Å². The van der Waals surface area contributed by atoms with E-state index < -0.39 is 0 Å². The molecule has 96 valence electrons. The summed E-state index contributed by atoms with van der Waals surface area (Å²) in [5.74, 6) is 0.683. The van der Waals surface area contributed by atoms with Crippen LogP contribution >= 0.6 is 0 Å². The summed E-state index contributed by atoms with van der Waals surface area (Å²) in [5.41, 5.74) is 6.58. The molecule has 0 unspecified atom stereocenters. The lowest BCUT2D eigenvalue weighted by atomic mass is 10.0. The van der Waals surface area contributed by atoms with Crippen LogP contribution in [-0.2, 0) is 0 Å². The largest absolute Gasteiger partial charge is 0.337 e. The molecule has 2 rings (SSSR count). The highest BCUT2D eigenvalue weighted by Crippen LogP contribution is 2.23. The first-order valence-corrected chi connectivity index (χ1v) is 5.97. The molecule has 0 bridgehead atoms. The molecule has 0 aliphatic heterocycles. The molecule has 0 saturated heterocycles. The number of hydrogen-bond acceptors (Lipinski definition) is 4. The SMILES string of the molecule is CC[C@H](C)[C@H](N)c1nc(-c2cccc(F)c2)no1. The number of nitrogens with two attached hydrogens (primary N) is 1. The van der Waals surface area contributed by atoms with Crippen LogP contribution in [0.15, 0.2) is 28.8 Å². The number of halogens is 1. The van der Waals surface area contributed by atoms with E-state index in [1.165, 1.54) is 12.1 Å². The maximum Gasteiger partial charge on any atom is 0.244 e. The average molecular weight is 249 g/mol. The number of hydrogen-bond donors (Lipinski definition) is 1. The Labute approximate surface area is 105 Å². The Hall–Kier alpha value is -1.75. The van der Waals surface area contributed by atoms with E-state index in [0.29, 0.717) is 17.3 Å². The second-order valence-electron chi connectivity index (χ2n) is 4.38. The summed E-state index contributed by atoms with van der Waals surface area (Å²) in [5, 5.41) is 3.83. The molecule has 0 amide bonds. The van der Waals surface area contributed by atoms with Gasteiger partial charge < -0.3 is 10.3 Å². The normalized spacial score (nSPS) is 14.4. The molecule has 0 saturated carbocycles. The third kappa shape index (κ3) is 2.56. The van der Waals surface area contributed by atoms with Crippen molar-refractivity contribution in [2.45, 2.75) is 26.3 Å². The second-order valence-corrected chi connectivity index (χ2v) is 4.38. The fourth-order valence-corrected chi connectivity index (χ4v) is 1.61. The predicted molar refractivity (Wildman–Crippen MR) is 66.1 cm³/mol. The fraction of sp³-hybridized carbons (Fsp3) is 0.385. The molecule has 18 heavy (non-hydrogen) atoms. The lowest BCUT2D eigenvalue weighted by molar-refractivity contribution is 0.312. The molecule has 0 fully saturated rings. The van der Waals surface area contributed by atoms with Gasteiger partial charge in [0.1, 0.15) is 5.82 Å². The topological polar surface area (TPSA) is 64.9 Å². The van der Waals surface area contributed by atoms with Gasteiger partial charge in [0.05, 0.1) is 6.04 Å². The molecule has 0 aliphatic carbocycles. The van der Waals surface area contributed by atoms with E-state index in [1.54, 1.807) is 12.1 Å². The van der Waals surface area contributed by atoms with E-state index in [1.807, 2.05) is 13.8 Å². The first-order valence-electron chi connectivity index (χ1n) is 5.97. The van der Waals surface area contributed by atoms with Crippen LogP contribution in [0.3, 0.4) is 0 Å². The summed E-state index contributed by atoms with van der Waals surface area (Å²) in [6.07, 6.45) is 0.929. The van der Waals surface area contributed by atoms with Crippen LogP contribution in [0.2, 0.25) is 0 Å². The summed E-state index contributed by atoms with van der Waals surface area (Å²) in [7, 11) is 0. The summed E-state index contributed by atoms with van der Waals surface area (Å²) in [4.78, 5) is 4.22. The van der Waals surface area contributed by atoms with Crippen molar-refractivity contribution in [2.24, 2.45) is 11.7 Å². The van der Waals surface area contributed by atoms with E-state index in [0.717, 1.165) is 6.42 Å². The highest BCUT2D eigenvalue weighted by molar-refractivity contribution is 5.53. The van der Waals surface area contributed by atoms with Crippen LogP contribution in [0.25, 0.3) is 11.4 Å². The fourth-order valence-electron chi connectivity index (χ4n) is 1.61. The molecule has 2 aromatic rings. The molecule has 0 spiro atoms. The highest BCUT2D eigenvalue weighted by Gasteiger charge is 2.20. The molecule has 0 aliphatic rings. The van der Waals surface area contributed by atoms with Crippen LogP contribution in [0.1, 0.15) is 32.2 Å². The van der Waals surface area contributed by atoms with Crippen LogP contribution in [0.5, 0.6) is 0 Å². The molecule has 1 aromatic heterocycles. The Balaban J connectivity index is 2.25. The van der Waals surface area contributed by atoms with E-state index in [9.17, 15) is 4.39 Å². The zero-order valence-corrected chi connectivity index (χ0v) is 10.4.